The molecule has 48 valence electrons. The van der Waals surface area contributed by atoms with Crippen molar-refractivity contribution in [3.05, 3.63) is 0 Å². The van der Waals surface area contributed by atoms with Gasteiger partial charge in [-0.05, 0) is 6.16 Å². The normalized spacial score (nSPS) is 2.67. The van der Waals surface area contributed by atoms with Crippen molar-refractivity contribution in [2.75, 3.05) is 0 Å². The number of hydrogen-bond donors (Lipinski definition) is 0. The Morgan fingerprint density at radius 2 is 0.889 bits per heavy atom. The molecule has 0 heterocycles. The molecule has 0 aliphatic heterocycles. The first-order valence-corrected chi connectivity index (χ1v) is 0.612. The fraction of sp³-hybridized carbons (Fsp3) is 0. The number of rotatable bonds is 0. The Kier molecular flexibility index (Phi) is 148. The Balaban J connectivity index is -0.00000000450. The zero-order valence-electron chi connectivity index (χ0n) is 5.22. The predicted octanol–water partition coefficient (Wildman–Crippen LogP) is -10.9. The average Bonchev–Trinajstić information content (AvgIpc) is 0.811. The molecule has 6 nitrogen and oxygen atoms in total. The van der Waals surface area contributed by atoms with E-state index in [1.54, 1.807) is 0 Å². The minimum absolute atomic E-state index is 0. The van der Waals surface area contributed by atoms with Crippen LogP contribution in [-0.2, 0) is 0 Å². The maximum absolute atomic E-state index is 8.33. The molecule has 0 aromatic heterocycles. The predicted molar refractivity (Wildman–Crippen MR) is 16.2 cm³/mol. The van der Waals surface area contributed by atoms with Crippen LogP contribution in [0.4, 0.5) is 4.79 Å². The molecule has 0 spiro atoms. The van der Waals surface area contributed by atoms with E-state index in [9.17, 15) is 0 Å². The second-order valence-electron chi connectivity index (χ2n) is 0.250. The van der Waals surface area contributed by atoms with Gasteiger partial charge in [-0.25, -0.2) is 0 Å². The van der Waals surface area contributed by atoms with Gasteiger partial charge < -0.3 is 31.4 Å². The van der Waals surface area contributed by atoms with E-state index in [2.05, 4.69) is 0 Å². The number of carbonyl (C=O) groups is 1. The molecule has 0 radical (unpaired) electrons. The summed E-state index contributed by atoms with van der Waals surface area (Å²) in [6.45, 7) is 0. The van der Waals surface area contributed by atoms with E-state index in [0.717, 1.165) is 0 Å². The van der Waals surface area contributed by atoms with Crippen molar-refractivity contribution in [3.63, 3.8) is 0 Å². The first-order valence-electron chi connectivity index (χ1n) is 0.612. The molecule has 0 fully saturated rings. The van der Waals surface area contributed by atoms with Crippen molar-refractivity contribution in [1.82, 2.24) is 0 Å². The van der Waals surface area contributed by atoms with E-state index < -0.39 is 6.16 Å². The van der Waals surface area contributed by atoms with Crippen LogP contribution in [0.15, 0.2) is 0 Å². The molecule has 9 heavy (non-hydrogen) atoms. The molecule has 0 aliphatic rings. The van der Waals surface area contributed by atoms with E-state index in [0.29, 0.717) is 0 Å². The Hall–Kier alpha value is 2.42. The minimum Gasteiger partial charge on any atom is -0.652 e. The maximum atomic E-state index is 8.33. The fourth-order valence-electron chi connectivity index (χ4n) is 0. The molecule has 0 aromatic rings. The van der Waals surface area contributed by atoms with Gasteiger partial charge in [0.15, 0.2) is 0 Å². The molecule has 8 heteroatoms. The molecular weight excluding hydrogens is 186 g/mol. The van der Waals surface area contributed by atoms with Crippen LogP contribution in [-0.4, -0.2) is 22.6 Å². The van der Waals surface area contributed by atoms with Crippen LogP contribution in [0.3, 0.4) is 0 Å². The Labute approximate surface area is 137 Å². The van der Waals surface area contributed by atoms with Crippen molar-refractivity contribution < 1.29 is 134 Å². The molecule has 0 aliphatic carbocycles. The van der Waals surface area contributed by atoms with Gasteiger partial charge in [-0.1, -0.05) is 0 Å². The van der Waals surface area contributed by atoms with Crippen LogP contribution in [0.5, 0.6) is 0 Å². The minimum atomic E-state index is -2.33. The van der Waals surface area contributed by atoms with Crippen molar-refractivity contribution >= 4 is 6.16 Å². The molecule has 0 saturated heterocycles. The van der Waals surface area contributed by atoms with Gasteiger partial charge in [-0.15, -0.1) is 0 Å². The first kappa shape index (κ1) is 42.2. The Morgan fingerprint density at radius 1 is 0.889 bits per heavy atom. The summed E-state index contributed by atoms with van der Waals surface area (Å²) >= 11 is 0. The second kappa shape index (κ2) is 31.5. The second-order valence-corrected chi connectivity index (χ2v) is 0.250. The van der Waals surface area contributed by atoms with Crippen LogP contribution >= 0.6 is 0 Å². The summed E-state index contributed by atoms with van der Waals surface area (Å²) < 4.78 is 0. The topological polar surface area (TPSA) is 158 Å². The van der Waals surface area contributed by atoms with Crippen LogP contribution in [0, 0.1) is 0 Å². The third-order valence-electron chi connectivity index (χ3n) is 0. The van der Waals surface area contributed by atoms with Crippen molar-refractivity contribution in [1.29, 1.82) is 0 Å². The molecule has 0 amide bonds. The molecule has 0 unspecified atom stereocenters. The van der Waals surface area contributed by atoms with Gasteiger partial charge in [-0.3, -0.25) is 0 Å². The smallest absolute Gasteiger partial charge is 0.652 e. The van der Waals surface area contributed by atoms with Crippen LogP contribution in [0.2, 0.25) is 0 Å². The Bertz CT molecular complexity index is 34.0. The zero-order chi connectivity index (χ0) is 3.58. The molecule has 0 rings (SSSR count). The molecule has 0 atom stereocenters. The van der Waals surface area contributed by atoms with Crippen LogP contribution < -0.4 is 113 Å². The zero-order valence-corrected chi connectivity index (χ0v) is 11.5. The van der Waals surface area contributed by atoms with Gasteiger partial charge in [-0.2, -0.15) is 0 Å². The van der Waals surface area contributed by atoms with Crippen molar-refractivity contribution in [2.24, 2.45) is 0 Å². The summed E-state index contributed by atoms with van der Waals surface area (Å²) in [5.41, 5.74) is 0. The summed E-state index contributed by atoms with van der Waals surface area (Å²) in [6.07, 6.45) is -2.33. The SMILES string of the molecule is O.O.O.O=C([O-])[O-].[K+].[K+]. The van der Waals surface area contributed by atoms with Gasteiger partial charge in [0.1, 0.15) is 0 Å². The summed E-state index contributed by atoms with van der Waals surface area (Å²) in [5.74, 6) is 0. The average molecular weight is 192 g/mol. The molecule has 6 N–H and O–H groups in total. The van der Waals surface area contributed by atoms with Gasteiger partial charge in [0.2, 0.25) is 0 Å². The molecular formula is CH6K2O6. The van der Waals surface area contributed by atoms with Gasteiger partial charge in [0.05, 0.1) is 0 Å². The van der Waals surface area contributed by atoms with Crippen LogP contribution in [0.1, 0.15) is 0 Å². The molecule has 0 aromatic carbocycles. The third-order valence-corrected chi connectivity index (χ3v) is 0. The maximum Gasteiger partial charge on any atom is 1.00 e. The fourth-order valence-corrected chi connectivity index (χ4v) is 0. The van der Waals surface area contributed by atoms with Gasteiger partial charge in [0, 0.05) is 0 Å². The van der Waals surface area contributed by atoms with E-state index in [4.69, 9.17) is 15.0 Å². The van der Waals surface area contributed by atoms with E-state index in [1.165, 1.54) is 0 Å². The van der Waals surface area contributed by atoms with E-state index in [-0.39, 0.29) is 119 Å². The van der Waals surface area contributed by atoms with E-state index >= 15 is 0 Å². The first-order chi connectivity index (χ1) is 1.73. The summed E-state index contributed by atoms with van der Waals surface area (Å²) in [4.78, 5) is 8.33. The van der Waals surface area contributed by atoms with E-state index in [1.807, 2.05) is 0 Å². The summed E-state index contributed by atoms with van der Waals surface area (Å²) in [7, 11) is 0. The standard InChI is InChI=1S/CH2O3.2K.3H2O/c2-1(3)4;;;;;/h(H2,2,3,4);;;3*1H2/q;2*+1;;;/p-2. The quantitative estimate of drug-likeness (QED) is 0.349. The van der Waals surface area contributed by atoms with Gasteiger partial charge >= 0.3 is 103 Å². The van der Waals surface area contributed by atoms with Crippen molar-refractivity contribution in [2.45, 2.75) is 0 Å². The third kappa shape index (κ3) is 126. The monoisotopic (exact) mass is 192 g/mol. The van der Waals surface area contributed by atoms with Crippen LogP contribution in [0.25, 0.3) is 0 Å². The largest absolute Gasteiger partial charge is 1.00 e. The van der Waals surface area contributed by atoms with Crippen molar-refractivity contribution in [3.8, 4) is 0 Å². The Morgan fingerprint density at radius 3 is 0.889 bits per heavy atom. The molecule has 0 saturated carbocycles. The number of carboxylic acid groups (broad SMARTS) is 2. The van der Waals surface area contributed by atoms with Gasteiger partial charge in [0.25, 0.3) is 0 Å². The molecule has 0 bridgehead atoms. The number of carbonyl (C=O) groups excluding carboxylic acids is 1. The number of hydrogen-bond acceptors (Lipinski definition) is 3. The summed E-state index contributed by atoms with van der Waals surface area (Å²) in [6, 6.07) is 0. The summed E-state index contributed by atoms with van der Waals surface area (Å²) in [5, 5.41) is 16.7.